The summed E-state index contributed by atoms with van der Waals surface area (Å²) in [6.45, 7) is 11.9. The van der Waals surface area contributed by atoms with Crippen LogP contribution in [0.25, 0.3) is 0 Å². The van der Waals surface area contributed by atoms with Gasteiger partial charge >= 0.3 is 0 Å². The van der Waals surface area contributed by atoms with E-state index in [1.54, 1.807) is 0 Å². The number of nitrogens with zero attached hydrogens (tertiary/aromatic N) is 2. The Labute approximate surface area is 135 Å². The number of hydrogen-bond donors (Lipinski definition) is 0. The highest BCUT2D eigenvalue weighted by Crippen LogP contribution is 2.51. The van der Waals surface area contributed by atoms with Crippen LogP contribution in [0.5, 0.6) is 0 Å². The van der Waals surface area contributed by atoms with Crippen molar-refractivity contribution < 1.29 is 4.58 Å². The first-order chi connectivity index (χ1) is 10.2. The van der Waals surface area contributed by atoms with E-state index in [-0.39, 0.29) is 5.54 Å². The molecule has 4 rings (SSSR count). The first kappa shape index (κ1) is 15.6. The van der Waals surface area contributed by atoms with Crippen LogP contribution in [0, 0.1) is 25.2 Å². The van der Waals surface area contributed by atoms with Crippen LogP contribution in [-0.2, 0) is 0 Å². The second kappa shape index (κ2) is 4.84. The maximum absolute atomic E-state index is 2.63. The van der Waals surface area contributed by atoms with Gasteiger partial charge in [-0.1, -0.05) is 13.8 Å². The predicted octanol–water partition coefficient (Wildman–Crippen LogP) is 4.68. The fourth-order valence-electron chi connectivity index (χ4n) is 4.55. The molecule has 2 heterocycles. The minimum absolute atomic E-state index is 0.284. The summed E-state index contributed by atoms with van der Waals surface area (Å²) in [7, 11) is 4.24. The van der Waals surface area contributed by atoms with Gasteiger partial charge < -0.3 is 4.90 Å². The second-order valence-corrected chi connectivity index (χ2v) is 8.43. The van der Waals surface area contributed by atoms with Gasteiger partial charge in [-0.05, 0) is 38.3 Å². The highest BCUT2D eigenvalue weighted by atomic mass is 15.1. The summed E-state index contributed by atoms with van der Waals surface area (Å²) in [5.74, 6) is 0.782. The van der Waals surface area contributed by atoms with Crippen molar-refractivity contribution >= 4 is 17.6 Å². The monoisotopic (exact) mass is 299 g/mol. The van der Waals surface area contributed by atoms with Crippen LogP contribution in [0.2, 0.25) is 0 Å². The van der Waals surface area contributed by atoms with E-state index in [4.69, 9.17) is 0 Å². The molecule has 0 spiro atoms. The van der Waals surface area contributed by atoms with Gasteiger partial charge in [0.15, 0.2) is 11.8 Å². The number of benzene rings is 1. The maximum Gasteiger partial charge on any atom is 0.211 e. The normalized spacial score (nSPS) is 33.8. The summed E-state index contributed by atoms with van der Waals surface area (Å²) in [5.41, 5.74) is 6.16. The molecular formula is C20H31N2+. The van der Waals surface area contributed by atoms with E-state index in [0.717, 1.165) is 5.92 Å². The summed E-state index contributed by atoms with van der Waals surface area (Å²) in [4.78, 5) is 2.20. The van der Waals surface area contributed by atoms with Gasteiger partial charge in [-0.3, -0.25) is 0 Å². The third kappa shape index (κ3) is 2.19. The summed E-state index contributed by atoms with van der Waals surface area (Å²) >= 11 is 0. The zero-order valence-electron chi connectivity index (χ0n) is 15.3. The average Bonchev–Trinajstić information content (AvgIpc) is 2.40. The van der Waals surface area contributed by atoms with E-state index in [9.17, 15) is 0 Å². The van der Waals surface area contributed by atoms with E-state index >= 15 is 0 Å². The lowest BCUT2D eigenvalue weighted by molar-refractivity contribution is -0.552. The van der Waals surface area contributed by atoms with Gasteiger partial charge in [-0.25, -0.2) is 0 Å². The predicted molar refractivity (Wildman–Crippen MR) is 95.8 cm³/mol. The highest BCUT2D eigenvalue weighted by molar-refractivity contribution is 5.67. The molecule has 1 saturated carbocycles. The highest BCUT2D eigenvalue weighted by Gasteiger charge is 2.55. The molecule has 3 atom stereocenters. The van der Waals surface area contributed by atoms with Crippen LogP contribution < -0.4 is 4.90 Å². The first-order valence-electron chi connectivity index (χ1n) is 8.60. The van der Waals surface area contributed by atoms with E-state index < -0.39 is 0 Å². The van der Waals surface area contributed by atoms with E-state index in [1.165, 1.54) is 41.8 Å². The molecule has 3 aliphatic rings. The molecule has 0 radical (unpaired) electrons. The molecule has 3 unspecified atom stereocenters. The quantitative estimate of drug-likeness (QED) is 0.718. The number of rotatable bonds is 2. The number of anilines is 1. The van der Waals surface area contributed by atoms with Crippen LogP contribution in [0.15, 0.2) is 12.1 Å². The van der Waals surface area contributed by atoms with Crippen LogP contribution in [-0.4, -0.2) is 30.4 Å². The zero-order chi connectivity index (χ0) is 16.3. The topological polar surface area (TPSA) is 6.25 Å². The molecular weight excluding hydrogens is 268 g/mol. The van der Waals surface area contributed by atoms with Crippen molar-refractivity contribution in [1.29, 1.82) is 0 Å². The van der Waals surface area contributed by atoms with Crippen LogP contribution >= 0.6 is 0 Å². The number of hydrogen-bond acceptors (Lipinski definition) is 1. The Morgan fingerprint density at radius 1 is 1.09 bits per heavy atom. The van der Waals surface area contributed by atoms with Gasteiger partial charge in [0.05, 0.1) is 0 Å². The SMILES string of the molecule is Cc1cc(N(C)C)cc(C)c1[N+]1=CC2(C)CCC1(C)CC2C. The number of fused-ring (bicyclic) bond motifs is 2. The van der Waals surface area contributed by atoms with Gasteiger partial charge in [0.25, 0.3) is 0 Å². The Balaban J connectivity index is 2.16. The average molecular weight is 299 g/mol. The smallest absolute Gasteiger partial charge is 0.211 e. The van der Waals surface area contributed by atoms with Gasteiger partial charge in [0.1, 0.15) is 0 Å². The lowest BCUT2D eigenvalue weighted by atomic mass is 9.60. The molecule has 0 saturated heterocycles. The molecule has 22 heavy (non-hydrogen) atoms. The third-order valence-electron chi connectivity index (χ3n) is 6.31. The van der Waals surface area contributed by atoms with Crippen LogP contribution in [0.4, 0.5) is 11.4 Å². The standard InChI is InChI=1S/C20H31N2/c1-14-10-17(21(6)7)11-15(2)18(14)22-13-19(4)8-9-20(22,5)12-16(19)3/h10-11,13,16H,8-9,12H2,1-7H3/q+1. The lowest BCUT2D eigenvalue weighted by Gasteiger charge is -2.48. The van der Waals surface area contributed by atoms with Crippen molar-refractivity contribution in [3.05, 3.63) is 23.3 Å². The maximum atomic E-state index is 2.63. The zero-order valence-corrected chi connectivity index (χ0v) is 15.3. The number of aryl methyl sites for hydroxylation is 2. The Hall–Kier alpha value is -1.31. The molecule has 1 aliphatic carbocycles. The molecule has 0 N–H and O–H groups in total. The minimum Gasteiger partial charge on any atom is -0.378 e. The van der Waals surface area contributed by atoms with Crippen molar-refractivity contribution in [2.45, 2.75) is 59.4 Å². The van der Waals surface area contributed by atoms with Gasteiger partial charge in [0, 0.05) is 56.1 Å². The molecule has 2 bridgehead atoms. The van der Waals surface area contributed by atoms with Crippen molar-refractivity contribution in [3.8, 4) is 0 Å². The van der Waals surface area contributed by atoms with Crippen LogP contribution in [0.3, 0.4) is 0 Å². The first-order valence-corrected chi connectivity index (χ1v) is 8.60. The molecule has 1 aromatic rings. The van der Waals surface area contributed by atoms with E-state index in [0.29, 0.717) is 5.41 Å². The fourth-order valence-corrected chi connectivity index (χ4v) is 4.55. The van der Waals surface area contributed by atoms with Crippen molar-refractivity contribution in [2.75, 3.05) is 19.0 Å². The second-order valence-electron chi connectivity index (χ2n) is 8.43. The van der Waals surface area contributed by atoms with Crippen LogP contribution in [0.1, 0.15) is 51.2 Å². The molecule has 2 heteroatoms. The van der Waals surface area contributed by atoms with Crippen molar-refractivity contribution in [3.63, 3.8) is 0 Å². The summed E-state index contributed by atoms with van der Waals surface area (Å²) < 4.78 is 2.63. The van der Waals surface area contributed by atoms with Crippen molar-refractivity contribution in [1.82, 2.24) is 0 Å². The van der Waals surface area contributed by atoms with Crippen molar-refractivity contribution in [2.24, 2.45) is 11.3 Å². The van der Waals surface area contributed by atoms with Gasteiger partial charge in [0.2, 0.25) is 5.69 Å². The summed E-state index contributed by atoms with van der Waals surface area (Å²) in [5, 5.41) is 0. The van der Waals surface area contributed by atoms with Gasteiger partial charge in [-0.2, -0.15) is 4.58 Å². The molecule has 1 aromatic carbocycles. The molecule has 0 amide bonds. The molecule has 1 fully saturated rings. The van der Waals surface area contributed by atoms with Gasteiger partial charge in [-0.15, -0.1) is 0 Å². The Bertz CT molecular complexity index is 620. The molecule has 2 nitrogen and oxygen atoms in total. The fraction of sp³-hybridized carbons (Fsp3) is 0.650. The van der Waals surface area contributed by atoms with E-state index in [2.05, 4.69) is 76.5 Å². The molecule has 2 aliphatic heterocycles. The third-order valence-corrected chi connectivity index (χ3v) is 6.31. The summed E-state index contributed by atoms with van der Waals surface area (Å²) in [6.07, 6.45) is 6.48. The Morgan fingerprint density at radius 3 is 2.18 bits per heavy atom. The Kier molecular flexibility index (Phi) is 3.43. The summed E-state index contributed by atoms with van der Waals surface area (Å²) in [6, 6.07) is 4.65. The largest absolute Gasteiger partial charge is 0.378 e. The van der Waals surface area contributed by atoms with E-state index in [1.807, 2.05) is 0 Å². The minimum atomic E-state index is 0.284. The molecule has 0 aromatic heterocycles. The lowest BCUT2D eigenvalue weighted by Crippen LogP contribution is -2.55. The molecule has 120 valence electrons. The Morgan fingerprint density at radius 2 is 1.68 bits per heavy atom.